The van der Waals surface area contributed by atoms with E-state index in [2.05, 4.69) is 0 Å². The predicted molar refractivity (Wildman–Crippen MR) is 170 cm³/mol. The van der Waals surface area contributed by atoms with Crippen molar-refractivity contribution in [2.45, 2.75) is 105 Å². The number of aliphatic hydroxyl groups excluding tert-OH is 10. The molecule has 53 heavy (non-hydrogen) atoms. The molecule has 0 amide bonds. The summed E-state index contributed by atoms with van der Waals surface area (Å²) in [6, 6.07) is 5.89. The Hall–Kier alpha value is -3.58. The minimum absolute atomic E-state index is 0.0121. The van der Waals surface area contributed by atoms with Gasteiger partial charge in [-0.3, -0.25) is 0 Å². The molecule has 0 bridgehead atoms. The van der Waals surface area contributed by atoms with Crippen LogP contribution in [0.5, 0.6) is 28.7 Å². The molecule has 20 heteroatoms. The molecule has 2 aromatic rings. The average molecular weight is 759 g/mol. The first-order valence-electron chi connectivity index (χ1n) is 16.5. The molecular formula is C33H42O20. The second-order valence-electron chi connectivity index (χ2n) is 13.1. The lowest BCUT2D eigenvalue weighted by Crippen LogP contribution is -2.61. The topological polar surface area (TPSA) is 328 Å². The number of hydrogen-bond acceptors (Lipinski definition) is 20. The number of phenolic OH excluding ortho intramolecular Hbond substituents is 3. The molecule has 3 saturated heterocycles. The molecule has 6 rings (SSSR count). The minimum Gasteiger partial charge on any atom is -0.508 e. The van der Waals surface area contributed by atoms with E-state index in [1.165, 1.54) is 25.1 Å². The van der Waals surface area contributed by atoms with E-state index in [0.29, 0.717) is 0 Å². The van der Waals surface area contributed by atoms with E-state index in [1.54, 1.807) is 0 Å². The number of aliphatic hydroxyl groups is 10. The van der Waals surface area contributed by atoms with Gasteiger partial charge in [0, 0.05) is 17.7 Å². The summed E-state index contributed by atoms with van der Waals surface area (Å²) >= 11 is 0. The second-order valence-corrected chi connectivity index (χ2v) is 13.1. The first-order chi connectivity index (χ1) is 25.1. The fraction of sp³-hybridized carbons (Fsp3) is 0.576. The van der Waals surface area contributed by atoms with E-state index in [-0.39, 0.29) is 28.4 Å². The van der Waals surface area contributed by atoms with Crippen LogP contribution >= 0.6 is 0 Å². The van der Waals surface area contributed by atoms with Crippen LogP contribution in [0, 0.1) is 0 Å². The highest BCUT2D eigenvalue weighted by Crippen LogP contribution is 2.46. The number of ether oxygens (including phenoxy) is 7. The van der Waals surface area contributed by atoms with Gasteiger partial charge >= 0.3 is 0 Å². The van der Waals surface area contributed by atoms with Crippen molar-refractivity contribution in [1.29, 1.82) is 0 Å². The molecule has 16 atom stereocenters. The van der Waals surface area contributed by atoms with Crippen molar-refractivity contribution >= 4 is 6.08 Å². The normalized spacial score (nSPS) is 40.1. The lowest BCUT2D eigenvalue weighted by atomic mass is 9.98. The van der Waals surface area contributed by atoms with E-state index < -0.39 is 129 Å². The van der Waals surface area contributed by atoms with Crippen LogP contribution in [-0.4, -0.2) is 172 Å². The van der Waals surface area contributed by atoms with Gasteiger partial charge in [-0.05, 0) is 25.1 Å². The monoisotopic (exact) mass is 758 g/mol. The summed E-state index contributed by atoms with van der Waals surface area (Å²) < 4.78 is 40.1. The molecule has 3 fully saturated rings. The van der Waals surface area contributed by atoms with Crippen molar-refractivity contribution in [2.24, 2.45) is 0 Å². The van der Waals surface area contributed by atoms with E-state index in [0.717, 1.165) is 18.2 Å². The number of phenols is 3. The van der Waals surface area contributed by atoms with Crippen LogP contribution in [0.25, 0.3) is 6.08 Å². The Bertz CT molecular complexity index is 1620. The fourth-order valence-corrected chi connectivity index (χ4v) is 6.28. The zero-order valence-electron chi connectivity index (χ0n) is 27.8. The Kier molecular flexibility index (Phi) is 11.5. The lowest BCUT2D eigenvalue weighted by Gasteiger charge is -2.43. The maximum absolute atomic E-state index is 10.9. The molecule has 4 heterocycles. The van der Waals surface area contributed by atoms with Gasteiger partial charge in [-0.25, -0.2) is 0 Å². The standard InChI is InChI=1S/C33H42O20/c1-10-21(38)24(41)27(44)31(48-10)47-9-20-23(40)26(43)29(46)33(53-20)51-18-7-13-16(49-30(18)11-2-3-14(36)15(37)4-11)5-12(35)6-17(13)50-32-28(45)25(42)22(39)19(8-34)52-32/h2-7,10,19-46H,8-9H2,1H3/t10-,19-,20+,21-,22+,23+,24-,25-,26-,27+,28+,29+,30?,31+,32+,33+/m0/s1. The summed E-state index contributed by atoms with van der Waals surface area (Å²) in [6.07, 6.45) is -24.4. The molecule has 4 aliphatic heterocycles. The minimum atomic E-state index is -1.92. The number of aromatic hydroxyl groups is 3. The quantitative estimate of drug-likeness (QED) is 0.109. The molecule has 0 aromatic heterocycles. The first-order valence-corrected chi connectivity index (χ1v) is 16.5. The molecule has 0 aliphatic carbocycles. The summed E-state index contributed by atoms with van der Waals surface area (Å²) in [6.45, 7) is 0.0854. The highest BCUT2D eigenvalue weighted by molar-refractivity contribution is 5.70. The zero-order chi connectivity index (χ0) is 38.5. The Morgan fingerprint density at radius 2 is 1.23 bits per heavy atom. The van der Waals surface area contributed by atoms with Crippen LogP contribution in [0.2, 0.25) is 0 Å². The van der Waals surface area contributed by atoms with Crippen LogP contribution < -0.4 is 9.47 Å². The SMILES string of the molecule is C[C@@H]1O[C@@H](OC[C@H]2O[C@@H](OC3=Cc4c(cc(O)cc4O[C@@H]4O[C@@H](CO)[C@@H](O)[C@H](O)[C@H]4O)OC3c3ccc(O)c(O)c3)[C@H](O)[C@@H](O)[C@@H]2O)[C@H](O)[C@@H](O)[C@H]1O. The third-order valence-electron chi connectivity index (χ3n) is 9.43. The van der Waals surface area contributed by atoms with Gasteiger partial charge < -0.3 is 99.5 Å². The maximum atomic E-state index is 10.9. The highest BCUT2D eigenvalue weighted by Gasteiger charge is 2.49. The fourth-order valence-electron chi connectivity index (χ4n) is 6.28. The summed E-state index contributed by atoms with van der Waals surface area (Å²) in [4.78, 5) is 0. The zero-order valence-corrected chi connectivity index (χ0v) is 27.8. The molecule has 13 N–H and O–H groups in total. The van der Waals surface area contributed by atoms with Crippen molar-refractivity contribution in [3.05, 3.63) is 47.2 Å². The molecule has 294 valence electrons. The molecule has 0 saturated carbocycles. The Balaban J connectivity index is 1.30. The van der Waals surface area contributed by atoms with Crippen molar-refractivity contribution < 1.29 is 99.5 Å². The van der Waals surface area contributed by atoms with Crippen molar-refractivity contribution in [3.63, 3.8) is 0 Å². The highest BCUT2D eigenvalue weighted by atomic mass is 16.7. The Morgan fingerprint density at radius 3 is 1.89 bits per heavy atom. The number of fused-ring (bicyclic) bond motifs is 1. The third-order valence-corrected chi connectivity index (χ3v) is 9.43. The first kappa shape index (κ1) is 39.1. The Morgan fingerprint density at radius 1 is 0.623 bits per heavy atom. The maximum Gasteiger partial charge on any atom is 0.229 e. The molecule has 4 aliphatic rings. The molecule has 0 radical (unpaired) electrons. The van der Waals surface area contributed by atoms with E-state index in [4.69, 9.17) is 33.2 Å². The van der Waals surface area contributed by atoms with Gasteiger partial charge in [0.1, 0.15) is 90.2 Å². The van der Waals surface area contributed by atoms with Gasteiger partial charge in [-0.2, -0.15) is 0 Å². The largest absolute Gasteiger partial charge is 0.508 e. The van der Waals surface area contributed by atoms with E-state index in [1.807, 2.05) is 0 Å². The van der Waals surface area contributed by atoms with Gasteiger partial charge in [-0.1, -0.05) is 6.07 Å². The van der Waals surface area contributed by atoms with Crippen LogP contribution in [0.4, 0.5) is 0 Å². The van der Waals surface area contributed by atoms with Crippen molar-refractivity contribution in [2.75, 3.05) is 13.2 Å². The average Bonchev–Trinajstić information content (AvgIpc) is 3.13. The molecule has 1 unspecified atom stereocenters. The van der Waals surface area contributed by atoms with Crippen molar-refractivity contribution in [3.8, 4) is 28.7 Å². The van der Waals surface area contributed by atoms with E-state index >= 15 is 0 Å². The van der Waals surface area contributed by atoms with Crippen LogP contribution in [0.1, 0.15) is 24.2 Å². The third kappa shape index (κ3) is 7.70. The number of rotatable bonds is 9. The number of benzene rings is 2. The van der Waals surface area contributed by atoms with Crippen LogP contribution in [-0.2, 0) is 23.7 Å². The van der Waals surface area contributed by atoms with Gasteiger partial charge in [0.05, 0.1) is 24.9 Å². The lowest BCUT2D eigenvalue weighted by molar-refractivity contribution is -0.324. The van der Waals surface area contributed by atoms with Crippen LogP contribution in [0.15, 0.2) is 36.1 Å². The van der Waals surface area contributed by atoms with Crippen LogP contribution in [0.3, 0.4) is 0 Å². The molecule has 20 nitrogen and oxygen atoms in total. The summed E-state index contributed by atoms with van der Waals surface area (Å²) in [5, 5.41) is 134. The second kappa shape index (κ2) is 15.6. The van der Waals surface area contributed by atoms with Gasteiger partial charge in [0.15, 0.2) is 23.9 Å². The van der Waals surface area contributed by atoms with Gasteiger partial charge in [-0.15, -0.1) is 0 Å². The number of hydrogen-bond donors (Lipinski definition) is 13. The summed E-state index contributed by atoms with van der Waals surface area (Å²) in [7, 11) is 0. The Labute approximate surface area is 300 Å². The van der Waals surface area contributed by atoms with Gasteiger partial charge in [0.25, 0.3) is 0 Å². The molecule has 0 spiro atoms. The summed E-state index contributed by atoms with van der Waals surface area (Å²) in [5.41, 5.74) is 0.166. The van der Waals surface area contributed by atoms with E-state index in [9.17, 15) is 66.4 Å². The van der Waals surface area contributed by atoms with Gasteiger partial charge in [0.2, 0.25) is 12.6 Å². The molecular weight excluding hydrogens is 716 g/mol. The molecule has 2 aromatic carbocycles. The smallest absolute Gasteiger partial charge is 0.229 e. The predicted octanol–water partition coefficient (Wildman–Crippen LogP) is -3.87. The van der Waals surface area contributed by atoms with Crippen molar-refractivity contribution in [1.82, 2.24) is 0 Å². The summed E-state index contributed by atoms with van der Waals surface area (Å²) in [5.74, 6) is -1.97.